The summed E-state index contributed by atoms with van der Waals surface area (Å²) in [5, 5.41) is 22.0. The maximum absolute atomic E-state index is 9.51. The van der Waals surface area contributed by atoms with Gasteiger partial charge >= 0.3 is 0 Å². The third-order valence-electron chi connectivity index (χ3n) is 3.73. The van der Waals surface area contributed by atoms with E-state index in [0.717, 1.165) is 24.2 Å². The van der Waals surface area contributed by atoms with Gasteiger partial charge in [0, 0.05) is 11.6 Å². The topological polar surface area (TPSA) is 61.7 Å². The van der Waals surface area contributed by atoms with Crippen LogP contribution in [0.15, 0.2) is 24.3 Å². The number of aliphatic hydroxyl groups excluding tert-OH is 2. The lowest BCUT2D eigenvalue weighted by Crippen LogP contribution is -2.47. The molecule has 0 heterocycles. The molecular formula is C16H25NO3. The Balaban J connectivity index is 1.68. The highest BCUT2D eigenvalue weighted by Gasteiger charge is 2.31. The molecule has 0 aliphatic heterocycles. The van der Waals surface area contributed by atoms with Gasteiger partial charge in [-0.3, -0.25) is 0 Å². The molecule has 1 unspecified atom stereocenters. The van der Waals surface area contributed by atoms with Crippen LogP contribution in [-0.2, 0) is 6.61 Å². The van der Waals surface area contributed by atoms with E-state index < -0.39 is 0 Å². The van der Waals surface area contributed by atoms with Crippen LogP contribution in [0.2, 0.25) is 0 Å². The van der Waals surface area contributed by atoms with Gasteiger partial charge in [-0.1, -0.05) is 12.1 Å². The van der Waals surface area contributed by atoms with Crippen LogP contribution in [0.5, 0.6) is 5.75 Å². The van der Waals surface area contributed by atoms with Crippen molar-refractivity contribution >= 4 is 0 Å². The molecule has 1 aliphatic rings. The van der Waals surface area contributed by atoms with Crippen LogP contribution in [0, 0.1) is 0 Å². The number of benzene rings is 1. The van der Waals surface area contributed by atoms with Crippen LogP contribution in [0.1, 0.15) is 38.2 Å². The van der Waals surface area contributed by atoms with Gasteiger partial charge in [0.15, 0.2) is 0 Å². The van der Waals surface area contributed by atoms with E-state index in [1.54, 1.807) is 0 Å². The predicted molar refractivity (Wildman–Crippen MR) is 78.7 cm³/mol. The minimum atomic E-state index is -0.189. The Kier molecular flexibility index (Phi) is 5.40. The third kappa shape index (κ3) is 4.78. The summed E-state index contributed by atoms with van der Waals surface area (Å²) in [6.07, 6.45) is 4.25. The van der Waals surface area contributed by atoms with E-state index in [2.05, 4.69) is 12.2 Å². The summed E-state index contributed by atoms with van der Waals surface area (Å²) in [5.41, 5.74) is 0.699. The minimum absolute atomic E-state index is 0.0575. The first-order chi connectivity index (χ1) is 9.65. The average molecular weight is 279 g/mol. The largest absolute Gasteiger partial charge is 0.494 e. The van der Waals surface area contributed by atoms with Gasteiger partial charge in [-0.2, -0.15) is 0 Å². The van der Waals surface area contributed by atoms with Crippen molar-refractivity contribution in [3.8, 4) is 5.75 Å². The van der Waals surface area contributed by atoms with Crippen molar-refractivity contribution in [2.75, 3.05) is 13.2 Å². The van der Waals surface area contributed by atoms with Gasteiger partial charge in [0.2, 0.25) is 0 Å². The van der Waals surface area contributed by atoms with E-state index >= 15 is 0 Å². The Morgan fingerprint density at radius 3 is 2.50 bits per heavy atom. The number of hydrogen-bond donors (Lipinski definition) is 3. The highest BCUT2D eigenvalue weighted by molar-refractivity contribution is 5.26. The average Bonchev–Trinajstić information content (AvgIpc) is 3.28. The fraction of sp³-hybridized carbons (Fsp3) is 0.625. The van der Waals surface area contributed by atoms with Gasteiger partial charge in [0.05, 0.1) is 19.8 Å². The molecule has 4 heteroatoms. The predicted octanol–water partition coefficient (Wildman–Crippen LogP) is 1.84. The lowest BCUT2D eigenvalue weighted by atomic mass is 9.97. The molecular weight excluding hydrogens is 254 g/mol. The molecule has 0 spiro atoms. The molecule has 0 radical (unpaired) electrons. The lowest BCUT2D eigenvalue weighted by molar-refractivity contribution is 0.154. The van der Waals surface area contributed by atoms with Crippen LogP contribution < -0.4 is 10.1 Å². The van der Waals surface area contributed by atoms with Crippen LogP contribution in [0.3, 0.4) is 0 Å². The van der Waals surface area contributed by atoms with Crippen LogP contribution in [0.25, 0.3) is 0 Å². The van der Waals surface area contributed by atoms with E-state index in [1.807, 2.05) is 24.3 Å². The van der Waals surface area contributed by atoms with Gasteiger partial charge in [0.25, 0.3) is 0 Å². The summed E-state index contributed by atoms with van der Waals surface area (Å²) in [4.78, 5) is 0. The molecule has 2 rings (SSSR count). The van der Waals surface area contributed by atoms with Gasteiger partial charge < -0.3 is 20.3 Å². The highest BCUT2D eigenvalue weighted by atomic mass is 16.5. The fourth-order valence-corrected chi connectivity index (χ4v) is 2.26. The fourth-order valence-electron chi connectivity index (χ4n) is 2.26. The number of aliphatic hydroxyl groups is 2. The molecule has 1 atom stereocenters. The van der Waals surface area contributed by atoms with E-state index in [-0.39, 0.29) is 18.8 Å². The smallest absolute Gasteiger partial charge is 0.119 e. The summed E-state index contributed by atoms with van der Waals surface area (Å²) in [5.74, 6) is 0.822. The van der Waals surface area contributed by atoms with Crippen molar-refractivity contribution in [2.45, 2.75) is 50.8 Å². The first kappa shape index (κ1) is 15.3. The maximum atomic E-state index is 9.51. The molecule has 0 aromatic heterocycles. The molecule has 1 aliphatic carbocycles. The zero-order valence-electron chi connectivity index (χ0n) is 12.1. The Hall–Kier alpha value is -1.10. The Bertz CT molecular complexity index is 403. The zero-order chi connectivity index (χ0) is 14.4. The normalized spacial score (nSPS) is 17.8. The molecule has 0 amide bonds. The molecule has 1 saturated carbocycles. The first-order valence-electron chi connectivity index (χ1n) is 7.36. The molecule has 20 heavy (non-hydrogen) atoms. The van der Waals surface area contributed by atoms with Crippen molar-refractivity contribution in [3.05, 3.63) is 29.8 Å². The second kappa shape index (κ2) is 7.07. The molecule has 4 nitrogen and oxygen atoms in total. The molecule has 0 bridgehead atoms. The monoisotopic (exact) mass is 279 g/mol. The van der Waals surface area contributed by atoms with E-state index in [0.29, 0.717) is 12.6 Å². The first-order valence-corrected chi connectivity index (χ1v) is 7.36. The molecule has 1 aromatic carbocycles. The van der Waals surface area contributed by atoms with Crippen LogP contribution in [-0.4, -0.2) is 35.0 Å². The maximum Gasteiger partial charge on any atom is 0.119 e. The number of hydrogen-bond acceptors (Lipinski definition) is 4. The molecule has 1 aromatic rings. The quantitative estimate of drug-likeness (QED) is 0.604. The summed E-state index contributed by atoms with van der Waals surface area (Å²) < 4.78 is 5.67. The van der Waals surface area contributed by atoms with E-state index in [9.17, 15) is 5.11 Å². The molecule has 0 saturated heterocycles. The number of nitrogens with one attached hydrogen (secondary N) is 1. The minimum Gasteiger partial charge on any atom is -0.494 e. The van der Waals surface area contributed by atoms with Gasteiger partial charge in [-0.15, -0.1) is 0 Å². The molecule has 3 N–H and O–H groups in total. The third-order valence-corrected chi connectivity index (χ3v) is 3.73. The van der Waals surface area contributed by atoms with Gasteiger partial charge in [-0.05, 0) is 50.3 Å². The second-order valence-corrected chi connectivity index (χ2v) is 5.89. The number of ether oxygens (including phenoxy) is 1. The van der Waals surface area contributed by atoms with E-state index in [4.69, 9.17) is 9.84 Å². The Morgan fingerprint density at radius 1 is 1.25 bits per heavy atom. The second-order valence-electron chi connectivity index (χ2n) is 5.89. The Labute approximate surface area is 120 Å². The Morgan fingerprint density at radius 2 is 1.95 bits per heavy atom. The summed E-state index contributed by atoms with van der Waals surface area (Å²) in [7, 11) is 0. The van der Waals surface area contributed by atoms with Gasteiger partial charge in [-0.25, -0.2) is 0 Å². The van der Waals surface area contributed by atoms with Crippen molar-refractivity contribution in [2.24, 2.45) is 0 Å². The van der Waals surface area contributed by atoms with Crippen LogP contribution in [0.4, 0.5) is 0 Å². The SMILES string of the molecule is CC(CO)(CCCOc1ccc(CO)cc1)NC1CC1. The molecule has 112 valence electrons. The van der Waals surface area contributed by atoms with Crippen molar-refractivity contribution in [1.29, 1.82) is 0 Å². The zero-order valence-corrected chi connectivity index (χ0v) is 12.1. The highest BCUT2D eigenvalue weighted by Crippen LogP contribution is 2.24. The van der Waals surface area contributed by atoms with Crippen molar-refractivity contribution in [1.82, 2.24) is 5.32 Å². The summed E-state index contributed by atoms with van der Waals surface area (Å²) in [6, 6.07) is 8.07. The number of rotatable bonds is 9. The van der Waals surface area contributed by atoms with Crippen LogP contribution >= 0.6 is 0 Å². The van der Waals surface area contributed by atoms with E-state index in [1.165, 1.54) is 12.8 Å². The lowest BCUT2D eigenvalue weighted by Gasteiger charge is -2.29. The van der Waals surface area contributed by atoms with Gasteiger partial charge in [0.1, 0.15) is 5.75 Å². The summed E-state index contributed by atoms with van der Waals surface area (Å²) >= 11 is 0. The van der Waals surface area contributed by atoms with Crippen molar-refractivity contribution < 1.29 is 14.9 Å². The van der Waals surface area contributed by atoms with Crippen molar-refractivity contribution in [3.63, 3.8) is 0 Å². The molecule has 1 fully saturated rings. The standard InChI is InChI=1S/C16H25NO3/c1-16(12-19,17-14-5-6-14)9-2-10-20-15-7-3-13(11-18)4-8-15/h3-4,7-8,14,17-19H,2,5-6,9-12H2,1H3. The summed E-state index contributed by atoms with van der Waals surface area (Å²) in [6.45, 7) is 2.93.